The second-order valence-corrected chi connectivity index (χ2v) is 6.62. The molecule has 0 radical (unpaired) electrons. The normalized spacial score (nSPS) is 10.6. The molecule has 0 amide bonds. The zero-order chi connectivity index (χ0) is 21.3. The Bertz CT molecular complexity index is 1060. The van der Waals surface area contributed by atoms with Crippen molar-refractivity contribution in [2.45, 2.75) is 6.92 Å². The maximum absolute atomic E-state index is 12.2. The third kappa shape index (κ3) is 5.55. The van der Waals surface area contributed by atoms with E-state index in [0.717, 1.165) is 16.7 Å². The summed E-state index contributed by atoms with van der Waals surface area (Å²) in [4.78, 5) is 24.0. The Morgan fingerprint density at radius 3 is 2.33 bits per heavy atom. The molecule has 0 saturated heterocycles. The van der Waals surface area contributed by atoms with E-state index in [4.69, 9.17) is 9.47 Å². The zero-order valence-electron chi connectivity index (χ0n) is 16.7. The van der Waals surface area contributed by atoms with Crippen LogP contribution in [0, 0.1) is 6.92 Å². The van der Waals surface area contributed by atoms with Crippen LogP contribution in [0.4, 0.5) is 0 Å². The van der Waals surface area contributed by atoms with Crippen molar-refractivity contribution in [3.8, 4) is 16.9 Å². The first-order valence-electron chi connectivity index (χ1n) is 9.51. The van der Waals surface area contributed by atoms with Crippen molar-refractivity contribution in [1.29, 1.82) is 0 Å². The van der Waals surface area contributed by atoms with Crippen LogP contribution < -0.4 is 4.74 Å². The molecule has 30 heavy (non-hydrogen) atoms. The summed E-state index contributed by atoms with van der Waals surface area (Å²) < 4.78 is 10.3. The summed E-state index contributed by atoms with van der Waals surface area (Å²) in [5.74, 6) is -0.618. The lowest BCUT2D eigenvalue weighted by Crippen LogP contribution is -2.06. The number of esters is 2. The number of carbonyl (C=O) groups is 2. The molecule has 3 aromatic rings. The highest BCUT2D eigenvalue weighted by Gasteiger charge is 2.08. The molecular weight excluding hydrogens is 376 g/mol. The van der Waals surface area contributed by atoms with E-state index in [1.807, 2.05) is 31.2 Å². The molecule has 0 heterocycles. The number of carbonyl (C=O) groups excluding carboxylic acids is 2. The van der Waals surface area contributed by atoms with E-state index in [0.29, 0.717) is 11.3 Å². The van der Waals surface area contributed by atoms with Crippen LogP contribution in [0.25, 0.3) is 17.2 Å². The van der Waals surface area contributed by atoms with Crippen LogP contribution in [0.1, 0.15) is 21.5 Å². The minimum absolute atomic E-state index is 0.143. The smallest absolute Gasteiger partial charge is 0.338 e. The molecule has 0 aliphatic heterocycles. The molecule has 0 atom stereocenters. The van der Waals surface area contributed by atoms with Crippen LogP contribution >= 0.6 is 0 Å². The van der Waals surface area contributed by atoms with E-state index in [1.54, 1.807) is 30.3 Å². The van der Waals surface area contributed by atoms with E-state index in [-0.39, 0.29) is 6.61 Å². The second kappa shape index (κ2) is 10.0. The Hall–Kier alpha value is -3.92. The maximum Gasteiger partial charge on any atom is 0.338 e. The van der Waals surface area contributed by atoms with Gasteiger partial charge in [-0.1, -0.05) is 66.7 Å². The summed E-state index contributed by atoms with van der Waals surface area (Å²) in [5, 5.41) is 0. The molecule has 4 heteroatoms. The van der Waals surface area contributed by atoms with Gasteiger partial charge in [0, 0.05) is 6.08 Å². The van der Waals surface area contributed by atoms with Gasteiger partial charge in [0.2, 0.25) is 0 Å². The van der Waals surface area contributed by atoms with E-state index in [9.17, 15) is 9.59 Å². The number of ether oxygens (including phenoxy) is 2. The van der Waals surface area contributed by atoms with E-state index in [2.05, 4.69) is 30.8 Å². The predicted molar refractivity (Wildman–Crippen MR) is 118 cm³/mol. The van der Waals surface area contributed by atoms with E-state index >= 15 is 0 Å². The summed E-state index contributed by atoms with van der Waals surface area (Å²) in [6.45, 7) is 5.68. The third-order valence-corrected chi connectivity index (χ3v) is 4.36. The van der Waals surface area contributed by atoms with E-state index in [1.165, 1.54) is 17.7 Å². The van der Waals surface area contributed by atoms with Crippen molar-refractivity contribution in [2.75, 3.05) is 6.61 Å². The highest BCUT2D eigenvalue weighted by atomic mass is 16.5. The first kappa shape index (κ1) is 20.8. The molecule has 0 aliphatic rings. The lowest BCUT2D eigenvalue weighted by molar-refractivity contribution is -0.128. The fraction of sp³-hybridized carbons (Fsp3) is 0.0769. The Morgan fingerprint density at radius 2 is 1.63 bits per heavy atom. The average molecular weight is 398 g/mol. The van der Waals surface area contributed by atoms with E-state index < -0.39 is 11.9 Å². The maximum atomic E-state index is 12.2. The zero-order valence-corrected chi connectivity index (χ0v) is 16.7. The van der Waals surface area contributed by atoms with Gasteiger partial charge in [-0.05, 0) is 54.0 Å². The van der Waals surface area contributed by atoms with Crippen LogP contribution in [0.15, 0.2) is 91.5 Å². The number of rotatable bonds is 7. The summed E-state index contributed by atoms with van der Waals surface area (Å²) in [6.07, 6.45) is 4.62. The molecule has 0 aromatic heterocycles. The molecule has 3 aromatic carbocycles. The van der Waals surface area contributed by atoms with Gasteiger partial charge in [-0.2, -0.15) is 0 Å². The van der Waals surface area contributed by atoms with Gasteiger partial charge in [0.05, 0.1) is 5.56 Å². The Kier molecular flexibility index (Phi) is 6.95. The summed E-state index contributed by atoms with van der Waals surface area (Å²) in [5.41, 5.74) is 4.59. The molecule has 3 rings (SSSR count). The largest absolute Gasteiger partial charge is 0.458 e. The SMILES string of the molecule is C=CCOC(=O)c1ccc(OC(=O)/C=C/c2ccccc2-c2ccc(C)cc2)cc1. The second-order valence-electron chi connectivity index (χ2n) is 6.62. The molecule has 0 aliphatic carbocycles. The molecular formula is C26H22O4. The predicted octanol–water partition coefficient (Wildman–Crippen LogP) is 5.62. The first-order chi connectivity index (χ1) is 14.6. The number of benzene rings is 3. The Labute approximate surface area is 176 Å². The Balaban J connectivity index is 1.67. The topological polar surface area (TPSA) is 52.6 Å². The van der Waals surface area contributed by atoms with Crippen molar-refractivity contribution < 1.29 is 19.1 Å². The summed E-state index contributed by atoms with van der Waals surface area (Å²) in [7, 11) is 0. The van der Waals surface area contributed by atoms with Gasteiger partial charge in [0.1, 0.15) is 12.4 Å². The van der Waals surface area contributed by atoms with Crippen LogP contribution in [0.3, 0.4) is 0 Å². The first-order valence-corrected chi connectivity index (χ1v) is 9.51. The van der Waals surface area contributed by atoms with Crippen molar-refractivity contribution in [3.63, 3.8) is 0 Å². The van der Waals surface area contributed by atoms with Gasteiger partial charge in [-0.25, -0.2) is 9.59 Å². The quantitative estimate of drug-likeness (QED) is 0.224. The fourth-order valence-electron chi connectivity index (χ4n) is 2.82. The Morgan fingerprint density at radius 1 is 0.933 bits per heavy atom. The monoisotopic (exact) mass is 398 g/mol. The van der Waals surface area contributed by atoms with Crippen LogP contribution in [-0.4, -0.2) is 18.5 Å². The summed E-state index contributed by atoms with van der Waals surface area (Å²) >= 11 is 0. The van der Waals surface area contributed by atoms with Crippen molar-refractivity contribution >= 4 is 18.0 Å². The average Bonchev–Trinajstić information content (AvgIpc) is 2.77. The minimum Gasteiger partial charge on any atom is -0.458 e. The molecule has 0 fully saturated rings. The summed E-state index contributed by atoms with van der Waals surface area (Å²) in [6, 6.07) is 22.3. The molecule has 4 nitrogen and oxygen atoms in total. The molecule has 0 N–H and O–H groups in total. The fourth-order valence-corrected chi connectivity index (χ4v) is 2.82. The molecule has 0 bridgehead atoms. The van der Waals surface area contributed by atoms with Gasteiger partial charge < -0.3 is 9.47 Å². The van der Waals surface area contributed by atoms with Crippen molar-refractivity contribution in [3.05, 3.63) is 108 Å². The minimum atomic E-state index is -0.504. The van der Waals surface area contributed by atoms with Crippen molar-refractivity contribution in [1.82, 2.24) is 0 Å². The number of hydrogen-bond donors (Lipinski definition) is 0. The van der Waals surface area contributed by atoms with Gasteiger partial charge in [-0.15, -0.1) is 0 Å². The third-order valence-electron chi connectivity index (χ3n) is 4.36. The molecule has 150 valence electrons. The van der Waals surface area contributed by atoms with Gasteiger partial charge in [0.25, 0.3) is 0 Å². The van der Waals surface area contributed by atoms with Gasteiger partial charge >= 0.3 is 11.9 Å². The number of aryl methyl sites for hydroxylation is 1. The molecule has 0 unspecified atom stereocenters. The van der Waals surface area contributed by atoms with Gasteiger partial charge in [-0.3, -0.25) is 0 Å². The molecule has 0 saturated carbocycles. The van der Waals surface area contributed by atoms with Crippen molar-refractivity contribution in [2.24, 2.45) is 0 Å². The molecule has 0 spiro atoms. The highest BCUT2D eigenvalue weighted by Crippen LogP contribution is 2.25. The van der Waals surface area contributed by atoms with Gasteiger partial charge in [0.15, 0.2) is 0 Å². The van der Waals surface area contributed by atoms with Crippen LogP contribution in [0.5, 0.6) is 5.75 Å². The van der Waals surface area contributed by atoms with Crippen LogP contribution in [0.2, 0.25) is 0 Å². The highest BCUT2D eigenvalue weighted by molar-refractivity contribution is 5.91. The lowest BCUT2D eigenvalue weighted by atomic mass is 9.98. The number of hydrogen-bond acceptors (Lipinski definition) is 4. The standard InChI is InChI=1S/C26H22O4/c1-3-18-29-26(28)22-12-15-23(16-13-22)30-25(27)17-14-20-6-4-5-7-24(20)21-10-8-19(2)9-11-21/h3-17H,1,18H2,2H3/b17-14+. The van der Waals surface area contributed by atoms with Crippen LogP contribution in [-0.2, 0) is 9.53 Å². The lowest BCUT2D eigenvalue weighted by Gasteiger charge is -2.07.